The Bertz CT molecular complexity index is 245. The van der Waals surface area contributed by atoms with Gasteiger partial charge in [0.05, 0.1) is 5.02 Å². The van der Waals surface area contributed by atoms with Crippen molar-refractivity contribution in [3.05, 3.63) is 28.3 Å². The van der Waals surface area contributed by atoms with Gasteiger partial charge in [-0.05, 0) is 30.5 Å². The standard InChI is InChI=1S/C9H11ClO/c1-3-7-4-6(2)9(11)8(10)5-7/h4-5,11H,3H2,1-2H3. The fraction of sp³-hybridized carbons (Fsp3) is 0.333. The predicted molar refractivity (Wildman–Crippen MR) is 47.2 cm³/mol. The van der Waals surface area contributed by atoms with Crippen LogP contribution in [-0.4, -0.2) is 5.11 Å². The zero-order valence-corrected chi connectivity index (χ0v) is 7.44. The number of benzene rings is 1. The number of aryl methyl sites for hydroxylation is 2. The van der Waals surface area contributed by atoms with Crippen molar-refractivity contribution < 1.29 is 5.11 Å². The highest BCUT2D eigenvalue weighted by molar-refractivity contribution is 6.32. The zero-order chi connectivity index (χ0) is 8.43. The Morgan fingerprint density at radius 3 is 2.55 bits per heavy atom. The topological polar surface area (TPSA) is 20.2 Å². The minimum Gasteiger partial charge on any atom is -0.506 e. The number of hydrogen-bond donors (Lipinski definition) is 1. The number of phenolic OH excluding ortho intramolecular Hbond substituents is 1. The van der Waals surface area contributed by atoms with Crippen molar-refractivity contribution in [1.29, 1.82) is 0 Å². The van der Waals surface area contributed by atoms with Gasteiger partial charge >= 0.3 is 0 Å². The molecule has 1 nitrogen and oxygen atoms in total. The van der Waals surface area contributed by atoms with E-state index in [-0.39, 0.29) is 5.75 Å². The highest BCUT2D eigenvalue weighted by Gasteiger charge is 2.02. The van der Waals surface area contributed by atoms with Crippen molar-refractivity contribution >= 4 is 11.6 Å². The quantitative estimate of drug-likeness (QED) is 0.687. The predicted octanol–water partition coefficient (Wildman–Crippen LogP) is 2.92. The summed E-state index contributed by atoms with van der Waals surface area (Å²) in [7, 11) is 0. The van der Waals surface area contributed by atoms with Gasteiger partial charge < -0.3 is 5.11 Å². The van der Waals surface area contributed by atoms with Gasteiger partial charge in [-0.15, -0.1) is 0 Å². The molecular formula is C9H11ClO. The molecule has 0 aliphatic carbocycles. The van der Waals surface area contributed by atoms with Crippen molar-refractivity contribution in [3.63, 3.8) is 0 Å². The van der Waals surface area contributed by atoms with E-state index in [1.807, 2.05) is 13.0 Å². The summed E-state index contributed by atoms with van der Waals surface area (Å²) >= 11 is 5.75. The van der Waals surface area contributed by atoms with Gasteiger partial charge in [0.2, 0.25) is 0 Å². The summed E-state index contributed by atoms with van der Waals surface area (Å²) in [4.78, 5) is 0. The van der Waals surface area contributed by atoms with Crippen LogP contribution in [0.15, 0.2) is 12.1 Å². The van der Waals surface area contributed by atoms with Gasteiger partial charge in [0.25, 0.3) is 0 Å². The fourth-order valence-electron chi connectivity index (χ4n) is 1.01. The maximum absolute atomic E-state index is 9.29. The Kier molecular flexibility index (Phi) is 2.40. The summed E-state index contributed by atoms with van der Waals surface area (Å²) in [5, 5.41) is 9.74. The lowest BCUT2D eigenvalue weighted by molar-refractivity contribution is 0.471. The van der Waals surface area contributed by atoms with E-state index in [9.17, 15) is 5.11 Å². The first-order valence-electron chi connectivity index (χ1n) is 3.63. The molecule has 1 aromatic carbocycles. The van der Waals surface area contributed by atoms with Crippen LogP contribution in [0.3, 0.4) is 0 Å². The molecule has 60 valence electrons. The molecule has 11 heavy (non-hydrogen) atoms. The van der Waals surface area contributed by atoms with Crippen LogP contribution in [0.5, 0.6) is 5.75 Å². The highest BCUT2D eigenvalue weighted by Crippen LogP contribution is 2.28. The monoisotopic (exact) mass is 170 g/mol. The molecule has 0 heterocycles. The Balaban J connectivity index is 3.21. The molecule has 0 aliphatic heterocycles. The average molecular weight is 171 g/mol. The second-order valence-electron chi connectivity index (χ2n) is 2.60. The Morgan fingerprint density at radius 1 is 1.45 bits per heavy atom. The third-order valence-electron chi connectivity index (χ3n) is 1.72. The number of aromatic hydroxyl groups is 1. The first-order valence-corrected chi connectivity index (χ1v) is 4.01. The maximum atomic E-state index is 9.29. The molecule has 0 fully saturated rings. The van der Waals surface area contributed by atoms with Gasteiger partial charge in [-0.1, -0.05) is 24.6 Å². The first kappa shape index (κ1) is 8.41. The first-order chi connectivity index (χ1) is 5.15. The lowest BCUT2D eigenvalue weighted by atomic mass is 10.1. The smallest absolute Gasteiger partial charge is 0.137 e. The number of halogens is 1. The Labute approximate surface area is 71.6 Å². The van der Waals surface area contributed by atoms with Crippen LogP contribution in [0.4, 0.5) is 0 Å². The van der Waals surface area contributed by atoms with E-state index in [1.165, 1.54) is 0 Å². The molecular weight excluding hydrogens is 160 g/mol. The van der Waals surface area contributed by atoms with Gasteiger partial charge in [-0.2, -0.15) is 0 Å². The fourth-order valence-corrected chi connectivity index (χ4v) is 1.30. The molecule has 0 radical (unpaired) electrons. The van der Waals surface area contributed by atoms with Crippen molar-refractivity contribution in [3.8, 4) is 5.75 Å². The SMILES string of the molecule is CCc1cc(C)c(O)c(Cl)c1. The zero-order valence-electron chi connectivity index (χ0n) is 6.69. The van der Waals surface area contributed by atoms with Crippen LogP contribution in [0.25, 0.3) is 0 Å². The van der Waals surface area contributed by atoms with Crippen LogP contribution < -0.4 is 0 Å². The summed E-state index contributed by atoms with van der Waals surface area (Å²) in [5.74, 6) is 0.198. The van der Waals surface area contributed by atoms with E-state index in [0.717, 1.165) is 17.5 Å². The van der Waals surface area contributed by atoms with E-state index in [0.29, 0.717) is 5.02 Å². The summed E-state index contributed by atoms with van der Waals surface area (Å²) in [5.41, 5.74) is 2.00. The molecule has 0 atom stereocenters. The molecule has 0 saturated heterocycles. The molecule has 0 aromatic heterocycles. The highest BCUT2D eigenvalue weighted by atomic mass is 35.5. The van der Waals surface area contributed by atoms with Crippen LogP contribution >= 0.6 is 11.6 Å². The number of rotatable bonds is 1. The number of phenols is 1. The van der Waals surface area contributed by atoms with E-state index in [2.05, 4.69) is 6.92 Å². The lowest BCUT2D eigenvalue weighted by Gasteiger charge is -2.03. The summed E-state index contributed by atoms with van der Waals surface area (Å²) in [6, 6.07) is 3.74. The second kappa shape index (κ2) is 3.14. The molecule has 0 saturated carbocycles. The average Bonchev–Trinajstić information content (AvgIpc) is 1.99. The van der Waals surface area contributed by atoms with Crippen LogP contribution in [-0.2, 0) is 6.42 Å². The summed E-state index contributed by atoms with van der Waals surface area (Å²) in [6.07, 6.45) is 0.945. The minimum absolute atomic E-state index is 0.198. The van der Waals surface area contributed by atoms with E-state index < -0.39 is 0 Å². The number of hydrogen-bond acceptors (Lipinski definition) is 1. The Morgan fingerprint density at radius 2 is 2.09 bits per heavy atom. The van der Waals surface area contributed by atoms with Crippen molar-refractivity contribution in [2.24, 2.45) is 0 Å². The van der Waals surface area contributed by atoms with Gasteiger partial charge in [0, 0.05) is 0 Å². The third kappa shape index (κ3) is 1.66. The van der Waals surface area contributed by atoms with Gasteiger partial charge in [0.1, 0.15) is 5.75 Å². The largest absolute Gasteiger partial charge is 0.506 e. The normalized spacial score (nSPS) is 10.1. The maximum Gasteiger partial charge on any atom is 0.137 e. The van der Waals surface area contributed by atoms with Crippen molar-refractivity contribution in [2.75, 3.05) is 0 Å². The molecule has 1 N–H and O–H groups in total. The molecule has 1 rings (SSSR count). The van der Waals surface area contributed by atoms with Crippen molar-refractivity contribution in [1.82, 2.24) is 0 Å². The molecule has 0 bridgehead atoms. The Hall–Kier alpha value is -0.690. The van der Waals surface area contributed by atoms with Gasteiger partial charge in [0.15, 0.2) is 0 Å². The van der Waals surface area contributed by atoms with E-state index in [1.54, 1.807) is 6.07 Å². The third-order valence-corrected chi connectivity index (χ3v) is 2.01. The second-order valence-corrected chi connectivity index (χ2v) is 3.00. The molecule has 1 aromatic rings. The lowest BCUT2D eigenvalue weighted by Crippen LogP contribution is -1.83. The molecule has 2 heteroatoms. The summed E-state index contributed by atoms with van der Waals surface area (Å²) < 4.78 is 0. The molecule has 0 amide bonds. The van der Waals surface area contributed by atoms with Crippen LogP contribution in [0.2, 0.25) is 5.02 Å². The molecule has 0 unspecified atom stereocenters. The van der Waals surface area contributed by atoms with E-state index >= 15 is 0 Å². The molecule has 0 aliphatic rings. The minimum atomic E-state index is 0.198. The van der Waals surface area contributed by atoms with Crippen molar-refractivity contribution in [2.45, 2.75) is 20.3 Å². The van der Waals surface area contributed by atoms with Gasteiger partial charge in [-0.3, -0.25) is 0 Å². The van der Waals surface area contributed by atoms with Crippen LogP contribution in [0, 0.1) is 6.92 Å². The molecule has 0 spiro atoms. The van der Waals surface area contributed by atoms with E-state index in [4.69, 9.17) is 11.6 Å². The summed E-state index contributed by atoms with van der Waals surface area (Å²) in [6.45, 7) is 3.91. The van der Waals surface area contributed by atoms with Gasteiger partial charge in [-0.25, -0.2) is 0 Å². The van der Waals surface area contributed by atoms with Crippen LogP contribution in [0.1, 0.15) is 18.1 Å².